The van der Waals surface area contributed by atoms with Crippen molar-refractivity contribution in [3.8, 4) is 5.75 Å². The highest BCUT2D eigenvalue weighted by molar-refractivity contribution is 9.09. The maximum absolute atomic E-state index is 6.00. The monoisotopic (exact) mass is 262 g/mol. The molecule has 0 unspecified atom stereocenters. The van der Waals surface area contributed by atoms with E-state index in [0.29, 0.717) is 11.6 Å². The first-order valence-corrected chi connectivity index (χ1v) is 5.75. The maximum Gasteiger partial charge on any atom is 0.137 e. The van der Waals surface area contributed by atoms with Crippen LogP contribution in [-0.2, 0) is 6.42 Å². The van der Waals surface area contributed by atoms with E-state index in [0.717, 1.165) is 17.5 Å². The van der Waals surface area contributed by atoms with Gasteiger partial charge in [-0.2, -0.15) is 0 Å². The molecule has 13 heavy (non-hydrogen) atoms. The van der Waals surface area contributed by atoms with Gasteiger partial charge in [0.2, 0.25) is 0 Å². The Bertz CT molecular complexity index is 276. The molecule has 0 amide bonds. The van der Waals surface area contributed by atoms with Gasteiger partial charge in [-0.3, -0.25) is 0 Å². The van der Waals surface area contributed by atoms with Crippen molar-refractivity contribution in [2.24, 2.45) is 0 Å². The third-order valence-corrected chi connectivity index (χ3v) is 2.37. The molecule has 1 rings (SSSR count). The van der Waals surface area contributed by atoms with Gasteiger partial charge in [-0.15, -0.1) is 0 Å². The molecule has 3 heteroatoms. The summed E-state index contributed by atoms with van der Waals surface area (Å²) in [6.45, 7) is 2.60. The van der Waals surface area contributed by atoms with E-state index in [-0.39, 0.29) is 0 Å². The number of aryl methyl sites for hydroxylation is 1. The van der Waals surface area contributed by atoms with Gasteiger partial charge >= 0.3 is 0 Å². The minimum absolute atomic E-state index is 0.650. The van der Waals surface area contributed by atoms with E-state index >= 15 is 0 Å². The third kappa shape index (κ3) is 3.20. The van der Waals surface area contributed by atoms with Crippen molar-refractivity contribution in [3.05, 3.63) is 28.8 Å². The Morgan fingerprint density at radius 2 is 2.23 bits per heavy atom. The van der Waals surface area contributed by atoms with Crippen LogP contribution in [0.15, 0.2) is 18.2 Å². The topological polar surface area (TPSA) is 9.23 Å². The van der Waals surface area contributed by atoms with Crippen molar-refractivity contribution < 1.29 is 4.74 Å². The lowest BCUT2D eigenvalue weighted by Gasteiger charge is -2.06. The lowest BCUT2D eigenvalue weighted by Crippen LogP contribution is -1.93. The second-order valence-corrected chi connectivity index (χ2v) is 3.84. The first kappa shape index (κ1) is 10.9. The smallest absolute Gasteiger partial charge is 0.137 e. The Morgan fingerprint density at radius 1 is 1.46 bits per heavy atom. The lowest BCUT2D eigenvalue weighted by molar-refractivity contribution is 0.340. The summed E-state index contributed by atoms with van der Waals surface area (Å²) >= 11 is 9.39. The second kappa shape index (κ2) is 5.51. The summed E-state index contributed by atoms with van der Waals surface area (Å²) in [5.41, 5.74) is 1.23. The molecule has 0 fully saturated rings. The average molecular weight is 264 g/mol. The van der Waals surface area contributed by atoms with E-state index < -0.39 is 0 Å². The van der Waals surface area contributed by atoms with Crippen molar-refractivity contribution in [1.29, 1.82) is 0 Å². The summed E-state index contributed by atoms with van der Waals surface area (Å²) in [6, 6.07) is 5.91. The zero-order valence-corrected chi connectivity index (χ0v) is 9.86. The molecule has 0 atom stereocenters. The first-order chi connectivity index (χ1) is 6.27. The Balaban J connectivity index is 2.79. The van der Waals surface area contributed by atoms with Crippen molar-refractivity contribution in [3.63, 3.8) is 0 Å². The number of alkyl halides is 1. The maximum atomic E-state index is 6.00. The predicted molar refractivity (Wildman–Crippen MR) is 60.1 cm³/mol. The first-order valence-electron chi connectivity index (χ1n) is 4.25. The molecule has 0 heterocycles. The molecular formula is C10H12BrClO. The van der Waals surface area contributed by atoms with Crippen molar-refractivity contribution >= 4 is 27.5 Å². The summed E-state index contributed by atoms with van der Waals surface area (Å²) < 4.78 is 5.33. The highest BCUT2D eigenvalue weighted by Gasteiger charge is 2.01. The van der Waals surface area contributed by atoms with Crippen LogP contribution in [0.3, 0.4) is 0 Å². The van der Waals surface area contributed by atoms with E-state index in [1.807, 2.05) is 25.1 Å². The standard InChI is InChI=1S/C10H12BrClO/c1-2-13-10-4-3-8(5-6-11)7-9(10)12/h3-4,7H,2,5-6H2,1H3. The molecule has 0 aliphatic rings. The molecule has 0 radical (unpaired) electrons. The van der Waals surface area contributed by atoms with Gasteiger partial charge in [0.05, 0.1) is 11.6 Å². The Labute approximate surface area is 92.2 Å². The number of ether oxygens (including phenoxy) is 1. The molecule has 0 N–H and O–H groups in total. The molecule has 1 aromatic carbocycles. The van der Waals surface area contributed by atoms with Crippen LogP contribution < -0.4 is 4.74 Å². The van der Waals surface area contributed by atoms with E-state index in [1.54, 1.807) is 0 Å². The van der Waals surface area contributed by atoms with Crippen molar-refractivity contribution in [1.82, 2.24) is 0 Å². The van der Waals surface area contributed by atoms with Crippen molar-refractivity contribution in [2.45, 2.75) is 13.3 Å². The van der Waals surface area contributed by atoms with Crippen LogP contribution in [0.2, 0.25) is 5.02 Å². The molecule has 0 bridgehead atoms. The Hall–Kier alpha value is -0.210. The highest BCUT2D eigenvalue weighted by Crippen LogP contribution is 2.25. The van der Waals surface area contributed by atoms with Crippen LogP contribution in [-0.4, -0.2) is 11.9 Å². The summed E-state index contributed by atoms with van der Waals surface area (Å²) in [5, 5.41) is 1.65. The average Bonchev–Trinajstić information content (AvgIpc) is 2.10. The van der Waals surface area contributed by atoms with Crippen LogP contribution in [0.4, 0.5) is 0 Å². The lowest BCUT2D eigenvalue weighted by atomic mass is 10.2. The van der Waals surface area contributed by atoms with Gasteiger partial charge < -0.3 is 4.74 Å². The van der Waals surface area contributed by atoms with Gasteiger partial charge in [-0.1, -0.05) is 33.6 Å². The number of hydrogen-bond acceptors (Lipinski definition) is 1. The molecule has 0 aliphatic heterocycles. The fourth-order valence-corrected chi connectivity index (χ4v) is 1.80. The molecule has 0 aromatic heterocycles. The van der Waals surface area contributed by atoms with Gasteiger partial charge in [0, 0.05) is 5.33 Å². The number of halogens is 2. The fraction of sp³-hybridized carbons (Fsp3) is 0.400. The summed E-state index contributed by atoms with van der Waals surface area (Å²) in [5.74, 6) is 0.766. The number of rotatable bonds is 4. The largest absolute Gasteiger partial charge is 0.492 e. The van der Waals surface area contributed by atoms with Crippen LogP contribution in [0.25, 0.3) is 0 Å². The van der Waals surface area contributed by atoms with Gasteiger partial charge in [-0.25, -0.2) is 0 Å². The fourth-order valence-electron chi connectivity index (χ4n) is 1.08. The van der Waals surface area contributed by atoms with Gasteiger partial charge in [0.15, 0.2) is 0 Å². The molecule has 0 saturated carbocycles. The molecule has 1 nitrogen and oxygen atoms in total. The summed E-state index contributed by atoms with van der Waals surface area (Å²) in [6.07, 6.45) is 0.992. The SMILES string of the molecule is CCOc1ccc(CCBr)cc1Cl. The molecular weight excluding hydrogens is 251 g/mol. The van der Waals surface area contributed by atoms with Crippen LogP contribution in [0, 0.1) is 0 Å². The molecule has 0 spiro atoms. The third-order valence-electron chi connectivity index (χ3n) is 1.68. The zero-order chi connectivity index (χ0) is 9.68. The minimum atomic E-state index is 0.650. The zero-order valence-electron chi connectivity index (χ0n) is 7.52. The minimum Gasteiger partial charge on any atom is -0.492 e. The normalized spacial score (nSPS) is 10.1. The molecule has 0 aliphatic carbocycles. The van der Waals surface area contributed by atoms with E-state index in [9.17, 15) is 0 Å². The summed E-state index contributed by atoms with van der Waals surface area (Å²) in [7, 11) is 0. The van der Waals surface area contributed by atoms with Crippen LogP contribution in [0.1, 0.15) is 12.5 Å². The Kier molecular flexibility index (Phi) is 4.60. The van der Waals surface area contributed by atoms with Gasteiger partial charge in [0.25, 0.3) is 0 Å². The summed E-state index contributed by atoms with van der Waals surface area (Å²) in [4.78, 5) is 0. The van der Waals surface area contributed by atoms with Gasteiger partial charge in [-0.05, 0) is 31.0 Å². The number of benzene rings is 1. The quantitative estimate of drug-likeness (QED) is 0.753. The van der Waals surface area contributed by atoms with E-state index in [1.165, 1.54) is 5.56 Å². The predicted octanol–water partition coefficient (Wildman–Crippen LogP) is 3.68. The van der Waals surface area contributed by atoms with Crippen LogP contribution in [0.5, 0.6) is 5.75 Å². The second-order valence-electron chi connectivity index (χ2n) is 2.64. The van der Waals surface area contributed by atoms with E-state index in [4.69, 9.17) is 16.3 Å². The van der Waals surface area contributed by atoms with Crippen LogP contribution >= 0.6 is 27.5 Å². The van der Waals surface area contributed by atoms with Crippen molar-refractivity contribution in [2.75, 3.05) is 11.9 Å². The van der Waals surface area contributed by atoms with E-state index in [2.05, 4.69) is 15.9 Å². The Morgan fingerprint density at radius 3 is 2.77 bits per heavy atom. The highest BCUT2D eigenvalue weighted by atomic mass is 79.9. The molecule has 1 aromatic rings. The molecule has 0 saturated heterocycles. The van der Waals surface area contributed by atoms with Gasteiger partial charge in [0.1, 0.15) is 5.75 Å². The molecule has 72 valence electrons. The number of hydrogen-bond donors (Lipinski definition) is 0.